The molecule has 0 bridgehead atoms. The smallest absolute Gasteiger partial charge is 0.257 e. The van der Waals surface area contributed by atoms with E-state index in [1.807, 2.05) is 32.0 Å². The van der Waals surface area contributed by atoms with Crippen LogP contribution in [-0.2, 0) is 0 Å². The van der Waals surface area contributed by atoms with Crippen molar-refractivity contribution in [3.63, 3.8) is 0 Å². The van der Waals surface area contributed by atoms with Gasteiger partial charge in [-0.15, -0.1) is 0 Å². The molecule has 2 aromatic rings. The molecule has 1 aromatic heterocycles. The molecule has 2 amide bonds. The summed E-state index contributed by atoms with van der Waals surface area (Å²) < 4.78 is 0. The summed E-state index contributed by atoms with van der Waals surface area (Å²) >= 11 is 0. The van der Waals surface area contributed by atoms with E-state index in [4.69, 9.17) is 0 Å². The van der Waals surface area contributed by atoms with Crippen LogP contribution in [0.15, 0.2) is 30.5 Å². The number of aliphatic hydroxyl groups excluding tert-OH is 1. The van der Waals surface area contributed by atoms with Gasteiger partial charge in [0.2, 0.25) is 0 Å². The highest BCUT2D eigenvalue weighted by Crippen LogP contribution is 2.28. The molecule has 1 heterocycles. The monoisotopic (exact) mass is 410 g/mol. The first-order valence-corrected chi connectivity index (χ1v) is 10.3. The van der Waals surface area contributed by atoms with Crippen molar-refractivity contribution in [3.05, 3.63) is 47.2 Å². The molecule has 0 aliphatic heterocycles. The Morgan fingerprint density at radius 1 is 1.27 bits per heavy atom. The normalized spacial score (nSPS) is 14.2. The van der Waals surface area contributed by atoms with Gasteiger partial charge in [-0.25, -0.2) is 4.98 Å². The Labute approximate surface area is 177 Å². The number of aromatic nitrogens is 1. The van der Waals surface area contributed by atoms with E-state index >= 15 is 0 Å². The molecule has 7 heteroatoms. The molecule has 30 heavy (non-hydrogen) atoms. The van der Waals surface area contributed by atoms with E-state index < -0.39 is 0 Å². The van der Waals surface area contributed by atoms with Crippen LogP contribution >= 0.6 is 0 Å². The van der Waals surface area contributed by atoms with Crippen molar-refractivity contribution in [1.29, 1.82) is 0 Å². The van der Waals surface area contributed by atoms with Crippen LogP contribution in [0.3, 0.4) is 0 Å². The summed E-state index contributed by atoms with van der Waals surface area (Å²) in [5.74, 6) is 0.182. The van der Waals surface area contributed by atoms with Gasteiger partial charge in [0.05, 0.1) is 18.2 Å². The highest BCUT2D eigenvalue weighted by Gasteiger charge is 2.24. The zero-order chi connectivity index (χ0) is 21.8. The Balaban J connectivity index is 2.00. The minimum absolute atomic E-state index is 0.0488. The minimum Gasteiger partial charge on any atom is -0.394 e. The number of nitrogens with one attached hydrogen (secondary N) is 2. The van der Waals surface area contributed by atoms with E-state index in [-0.39, 0.29) is 30.5 Å². The number of aryl methyl sites for hydroxylation is 1. The van der Waals surface area contributed by atoms with Crippen molar-refractivity contribution >= 4 is 17.6 Å². The maximum atomic E-state index is 12.8. The van der Waals surface area contributed by atoms with E-state index in [0.29, 0.717) is 23.4 Å². The van der Waals surface area contributed by atoms with Gasteiger partial charge < -0.3 is 20.6 Å². The van der Waals surface area contributed by atoms with Crippen LogP contribution in [0.4, 0.5) is 5.82 Å². The fraction of sp³-hybridized carbons (Fsp3) is 0.435. The van der Waals surface area contributed by atoms with Gasteiger partial charge in [0, 0.05) is 37.5 Å². The van der Waals surface area contributed by atoms with Gasteiger partial charge in [-0.3, -0.25) is 9.59 Å². The molecule has 0 spiro atoms. The van der Waals surface area contributed by atoms with Gasteiger partial charge in [-0.2, -0.15) is 0 Å². The number of hydrogen-bond acceptors (Lipinski definition) is 5. The van der Waals surface area contributed by atoms with Gasteiger partial charge in [0.15, 0.2) is 0 Å². The Hall–Kier alpha value is -2.93. The molecule has 1 aliphatic carbocycles. The average Bonchev–Trinajstić information content (AvgIpc) is 3.55. The van der Waals surface area contributed by atoms with Crippen molar-refractivity contribution in [1.82, 2.24) is 15.2 Å². The first-order chi connectivity index (χ1) is 14.3. The number of carbonyl (C=O) groups excluding carboxylic acids is 2. The van der Waals surface area contributed by atoms with E-state index in [1.165, 1.54) is 4.90 Å². The Kier molecular flexibility index (Phi) is 6.72. The lowest BCUT2D eigenvalue weighted by molar-refractivity contribution is 0.0827. The Bertz CT molecular complexity index is 934. The van der Waals surface area contributed by atoms with Crippen LogP contribution in [0.5, 0.6) is 0 Å². The molecule has 1 aliphatic rings. The lowest BCUT2D eigenvalue weighted by atomic mass is 9.97. The van der Waals surface area contributed by atoms with Gasteiger partial charge in [-0.1, -0.05) is 13.0 Å². The molecule has 1 aromatic carbocycles. The van der Waals surface area contributed by atoms with E-state index in [9.17, 15) is 14.7 Å². The third-order valence-corrected chi connectivity index (χ3v) is 5.30. The van der Waals surface area contributed by atoms with Crippen LogP contribution in [0.1, 0.15) is 52.5 Å². The largest absolute Gasteiger partial charge is 0.394 e. The highest BCUT2D eigenvalue weighted by molar-refractivity contribution is 6.00. The summed E-state index contributed by atoms with van der Waals surface area (Å²) in [5, 5.41) is 15.7. The van der Waals surface area contributed by atoms with Gasteiger partial charge in [-0.05, 0) is 55.5 Å². The third kappa shape index (κ3) is 4.97. The molecule has 1 atom stereocenters. The predicted octanol–water partition coefficient (Wildman–Crippen LogP) is 2.83. The zero-order valence-electron chi connectivity index (χ0n) is 18.0. The van der Waals surface area contributed by atoms with Crippen molar-refractivity contribution in [2.45, 2.75) is 45.2 Å². The summed E-state index contributed by atoms with van der Waals surface area (Å²) in [6.45, 7) is 3.88. The molecule has 1 saturated carbocycles. The Morgan fingerprint density at radius 2 is 2.00 bits per heavy atom. The molecule has 7 nitrogen and oxygen atoms in total. The molecular formula is C23H30N4O3. The lowest BCUT2D eigenvalue weighted by Crippen LogP contribution is -2.28. The first kappa shape index (κ1) is 21.8. The molecule has 1 unspecified atom stereocenters. The number of anilines is 1. The van der Waals surface area contributed by atoms with Crippen LogP contribution in [-0.4, -0.2) is 59.6 Å². The number of carbonyl (C=O) groups is 2. The number of hydrogen-bond donors (Lipinski definition) is 3. The second kappa shape index (κ2) is 9.26. The van der Waals surface area contributed by atoms with Crippen LogP contribution in [0.25, 0.3) is 11.1 Å². The highest BCUT2D eigenvalue weighted by atomic mass is 16.3. The van der Waals surface area contributed by atoms with Crippen LogP contribution < -0.4 is 10.6 Å². The summed E-state index contributed by atoms with van der Waals surface area (Å²) in [6, 6.07) is 7.48. The van der Waals surface area contributed by atoms with Crippen molar-refractivity contribution in [2.75, 3.05) is 26.0 Å². The fourth-order valence-electron chi connectivity index (χ4n) is 3.17. The second-order valence-electron chi connectivity index (χ2n) is 8.03. The van der Waals surface area contributed by atoms with Crippen molar-refractivity contribution < 1.29 is 14.7 Å². The van der Waals surface area contributed by atoms with Crippen molar-refractivity contribution in [3.8, 4) is 11.1 Å². The number of nitrogens with zero attached hydrogens (tertiary/aromatic N) is 2. The van der Waals surface area contributed by atoms with Gasteiger partial charge in [0.1, 0.15) is 5.82 Å². The minimum atomic E-state index is -0.187. The van der Waals surface area contributed by atoms with Crippen molar-refractivity contribution in [2.24, 2.45) is 0 Å². The van der Waals surface area contributed by atoms with Gasteiger partial charge >= 0.3 is 0 Å². The predicted molar refractivity (Wildman–Crippen MR) is 118 cm³/mol. The number of benzene rings is 1. The number of pyridine rings is 1. The van der Waals surface area contributed by atoms with E-state index in [2.05, 4.69) is 15.6 Å². The lowest BCUT2D eigenvalue weighted by Gasteiger charge is -2.20. The number of rotatable bonds is 8. The summed E-state index contributed by atoms with van der Waals surface area (Å²) in [6.07, 6.45) is 4.47. The fourth-order valence-corrected chi connectivity index (χ4v) is 3.17. The van der Waals surface area contributed by atoms with E-state index in [1.54, 1.807) is 26.4 Å². The summed E-state index contributed by atoms with van der Waals surface area (Å²) in [5.41, 5.74) is 3.64. The Morgan fingerprint density at radius 3 is 2.60 bits per heavy atom. The maximum Gasteiger partial charge on any atom is 0.257 e. The third-order valence-electron chi connectivity index (χ3n) is 5.30. The molecule has 160 valence electrons. The maximum absolute atomic E-state index is 12.8. The number of amides is 2. The molecule has 1 fully saturated rings. The average molecular weight is 411 g/mol. The quantitative estimate of drug-likeness (QED) is 0.622. The standard InChI is InChI=1S/C23H30N4O3/c1-5-17(13-28)25-21-20(23(30)27(3)4)11-16(12-24-21)19-10-15(7-6-14(19)2)22(29)26-18-8-9-18/h6-7,10-12,17-18,28H,5,8-9,13H2,1-4H3,(H,24,25)(H,26,29). The summed E-state index contributed by atoms with van der Waals surface area (Å²) in [4.78, 5) is 31.3. The molecule has 0 saturated heterocycles. The van der Waals surface area contributed by atoms with Crippen LogP contribution in [0, 0.1) is 6.92 Å². The SMILES string of the molecule is CCC(CO)Nc1ncc(-c2cc(C(=O)NC3CC3)ccc2C)cc1C(=O)N(C)C. The van der Waals surface area contributed by atoms with Gasteiger partial charge in [0.25, 0.3) is 11.8 Å². The first-order valence-electron chi connectivity index (χ1n) is 10.3. The molecule has 3 rings (SSSR count). The number of aliphatic hydroxyl groups is 1. The van der Waals surface area contributed by atoms with E-state index in [0.717, 1.165) is 29.5 Å². The molecule has 3 N–H and O–H groups in total. The van der Waals surface area contributed by atoms with Crippen LogP contribution in [0.2, 0.25) is 0 Å². The second-order valence-corrected chi connectivity index (χ2v) is 8.03. The molecule has 0 radical (unpaired) electrons. The topological polar surface area (TPSA) is 94.6 Å². The zero-order valence-corrected chi connectivity index (χ0v) is 18.0. The summed E-state index contributed by atoms with van der Waals surface area (Å²) in [7, 11) is 3.38. The molecular weight excluding hydrogens is 380 g/mol.